The third kappa shape index (κ3) is 2.29. The standard InChI is InChI=1S/C16H22O/c1-13(2)15(17)16(11-7-4-8-12-16)14-9-5-3-6-10-14/h3,5-6,9-10,13H,4,7-8,11-12H2,1-2H3. The first-order valence-corrected chi connectivity index (χ1v) is 6.77. The summed E-state index contributed by atoms with van der Waals surface area (Å²) in [5.41, 5.74) is 1.05. The Bertz CT molecular complexity index is 372. The summed E-state index contributed by atoms with van der Waals surface area (Å²) in [4.78, 5) is 12.6. The van der Waals surface area contributed by atoms with Gasteiger partial charge < -0.3 is 0 Å². The molecule has 1 aromatic rings. The second kappa shape index (κ2) is 5.03. The van der Waals surface area contributed by atoms with Gasteiger partial charge in [0, 0.05) is 5.92 Å². The number of carbonyl (C=O) groups excluding carboxylic acids is 1. The van der Waals surface area contributed by atoms with Gasteiger partial charge in [-0.3, -0.25) is 4.79 Å². The summed E-state index contributed by atoms with van der Waals surface area (Å²) < 4.78 is 0. The van der Waals surface area contributed by atoms with Gasteiger partial charge in [0.05, 0.1) is 5.41 Å². The van der Waals surface area contributed by atoms with E-state index in [9.17, 15) is 4.79 Å². The van der Waals surface area contributed by atoms with Crippen molar-refractivity contribution in [3.63, 3.8) is 0 Å². The number of hydrogen-bond donors (Lipinski definition) is 0. The third-order valence-electron chi connectivity index (χ3n) is 4.03. The summed E-state index contributed by atoms with van der Waals surface area (Å²) >= 11 is 0. The van der Waals surface area contributed by atoms with Gasteiger partial charge in [-0.1, -0.05) is 63.4 Å². The molecule has 1 nitrogen and oxygen atoms in total. The molecule has 0 radical (unpaired) electrons. The fraction of sp³-hybridized carbons (Fsp3) is 0.562. The summed E-state index contributed by atoms with van der Waals surface area (Å²) in [7, 11) is 0. The van der Waals surface area contributed by atoms with Crippen LogP contribution in [0.25, 0.3) is 0 Å². The van der Waals surface area contributed by atoms with Gasteiger partial charge in [-0.25, -0.2) is 0 Å². The van der Waals surface area contributed by atoms with Crippen molar-refractivity contribution in [2.45, 2.75) is 51.4 Å². The monoisotopic (exact) mass is 230 g/mol. The van der Waals surface area contributed by atoms with E-state index in [1.807, 2.05) is 19.9 Å². The van der Waals surface area contributed by atoms with Crippen LogP contribution in [0.3, 0.4) is 0 Å². The van der Waals surface area contributed by atoms with Gasteiger partial charge in [-0.05, 0) is 18.4 Å². The van der Waals surface area contributed by atoms with Gasteiger partial charge in [0.1, 0.15) is 5.78 Å². The topological polar surface area (TPSA) is 17.1 Å². The molecular weight excluding hydrogens is 208 g/mol. The van der Waals surface area contributed by atoms with Crippen LogP contribution in [0.5, 0.6) is 0 Å². The van der Waals surface area contributed by atoms with Crippen LogP contribution in [0.4, 0.5) is 0 Å². The molecular formula is C16H22O. The van der Waals surface area contributed by atoms with Crippen LogP contribution >= 0.6 is 0 Å². The maximum Gasteiger partial charge on any atom is 0.145 e. The molecule has 0 spiro atoms. The van der Waals surface area contributed by atoms with Gasteiger partial charge >= 0.3 is 0 Å². The van der Waals surface area contributed by atoms with E-state index in [1.54, 1.807) is 0 Å². The second-order valence-electron chi connectivity index (χ2n) is 5.53. The van der Waals surface area contributed by atoms with Crippen LogP contribution in [0.2, 0.25) is 0 Å². The minimum absolute atomic E-state index is 0.133. The summed E-state index contributed by atoms with van der Waals surface area (Å²) in [6.07, 6.45) is 5.72. The fourth-order valence-corrected chi connectivity index (χ4v) is 3.14. The Labute approximate surface area is 104 Å². The SMILES string of the molecule is CC(C)C(=O)C1(c2ccccc2)CCCCC1. The number of benzene rings is 1. The van der Waals surface area contributed by atoms with E-state index in [2.05, 4.69) is 24.3 Å². The Morgan fingerprint density at radius 1 is 1.06 bits per heavy atom. The van der Waals surface area contributed by atoms with E-state index in [0.29, 0.717) is 5.78 Å². The molecule has 1 aliphatic carbocycles. The molecule has 0 N–H and O–H groups in total. The zero-order valence-electron chi connectivity index (χ0n) is 10.9. The first-order chi connectivity index (χ1) is 8.17. The lowest BCUT2D eigenvalue weighted by molar-refractivity contribution is -0.128. The highest BCUT2D eigenvalue weighted by atomic mass is 16.1. The Balaban J connectivity index is 2.40. The van der Waals surface area contributed by atoms with Crippen molar-refractivity contribution in [1.82, 2.24) is 0 Å². The summed E-state index contributed by atoms with van der Waals surface area (Å²) in [6.45, 7) is 4.06. The number of rotatable bonds is 3. The first kappa shape index (κ1) is 12.3. The summed E-state index contributed by atoms with van der Waals surface area (Å²) in [5, 5.41) is 0. The van der Waals surface area contributed by atoms with Gasteiger partial charge in [-0.15, -0.1) is 0 Å². The molecule has 2 rings (SSSR count). The van der Waals surface area contributed by atoms with Crippen LogP contribution in [-0.2, 0) is 10.2 Å². The normalized spacial score (nSPS) is 19.2. The molecule has 1 aromatic carbocycles. The third-order valence-corrected chi connectivity index (χ3v) is 4.03. The van der Waals surface area contributed by atoms with Crippen LogP contribution in [0.15, 0.2) is 30.3 Å². The van der Waals surface area contributed by atoms with Crippen LogP contribution in [-0.4, -0.2) is 5.78 Å². The van der Waals surface area contributed by atoms with Crippen molar-refractivity contribution in [3.8, 4) is 0 Å². The molecule has 0 unspecified atom stereocenters. The maximum atomic E-state index is 12.6. The van der Waals surface area contributed by atoms with E-state index in [1.165, 1.54) is 24.8 Å². The molecule has 92 valence electrons. The van der Waals surface area contributed by atoms with Crippen molar-refractivity contribution in [2.24, 2.45) is 5.92 Å². The predicted octanol–water partition coefficient (Wildman–Crippen LogP) is 4.11. The highest BCUT2D eigenvalue weighted by Gasteiger charge is 2.41. The summed E-state index contributed by atoms with van der Waals surface area (Å²) in [6, 6.07) is 10.4. The van der Waals surface area contributed by atoms with E-state index < -0.39 is 0 Å². The lowest BCUT2D eigenvalue weighted by Gasteiger charge is -2.37. The molecule has 17 heavy (non-hydrogen) atoms. The largest absolute Gasteiger partial charge is 0.298 e. The maximum absolute atomic E-state index is 12.6. The smallest absolute Gasteiger partial charge is 0.145 e. The van der Waals surface area contributed by atoms with E-state index >= 15 is 0 Å². The molecule has 0 aliphatic heterocycles. The first-order valence-electron chi connectivity index (χ1n) is 6.77. The molecule has 0 bridgehead atoms. The predicted molar refractivity (Wildman–Crippen MR) is 71.1 cm³/mol. The van der Waals surface area contributed by atoms with Gasteiger partial charge in [0.15, 0.2) is 0 Å². The highest BCUT2D eigenvalue weighted by Crippen LogP contribution is 2.41. The highest BCUT2D eigenvalue weighted by molar-refractivity contribution is 5.91. The Morgan fingerprint density at radius 3 is 2.18 bits per heavy atom. The lowest BCUT2D eigenvalue weighted by Crippen LogP contribution is -2.40. The van der Waals surface area contributed by atoms with Crippen LogP contribution < -0.4 is 0 Å². The minimum Gasteiger partial charge on any atom is -0.298 e. The zero-order chi connectivity index (χ0) is 12.3. The molecule has 0 heterocycles. The van der Waals surface area contributed by atoms with Crippen molar-refractivity contribution < 1.29 is 4.79 Å². The average Bonchev–Trinajstić information content (AvgIpc) is 2.39. The Kier molecular flexibility index (Phi) is 3.66. The van der Waals surface area contributed by atoms with E-state index in [0.717, 1.165) is 12.8 Å². The fourth-order valence-electron chi connectivity index (χ4n) is 3.14. The lowest BCUT2D eigenvalue weighted by atomic mass is 9.64. The Hall–Kier alpha value is -1.11. The number of Topliss-reactive ketones (excluding diaryl/α,β-unsaturated/α-hetero) is 1. The molecule has 1 heteroatoms. The number of hydrogen-bond acceptors (Lipinski definition) is 1. The van der Waals surface area contributed by atoms with Crippen molar-refractivity contribution in [1.29, 1.82) is 0 Å². The molecule has 1 fully saturated rings. The average molecular weight is 230 g/mol. The van der Waals surface area contributed by atoms with E-state index in [4.69, 9.17) is 0 Å². The van der Waals surface area contributed by atoms with Crippen molar-refractivity contribution >= 4 is 5.78 Å². The molecule has 0 aromatic heterocycles. The molecule has 1 saturated carbocycles. The zero-order valence-corrected chi connectivity index (χ0v) is 10.9. The van der Waals surface area contributed by atoms with Crippen LogP contribution in [0, 0.1) is 5.92 Å². The molecule has 1 aliphatic rings. The van der Waals surface area contributed by atoms with Gasteiger partial charge in [0.25, 0.3) is 0 Å². The Morgan fingerprint density at radius 2 is 1.65 bits per heavy atom. The van der Waals surface area contributed by atoms with Crippen LogP contribution in [0.1, 0.15) is 51.5 Å². The van der Waals surface area contributed by atoms with Crippen molar-refractivity contribution in [3.05, 3.63) is 35.9 Å². The van der Waals surface area contributed by atoms with Gasteiger partial charge in [0.2, 0.25) is 0 Å². The summed E-state index contributed by atoms with van der Waals surface area (Å²) in [5.74, 6) is 0.566. The number of carbonyl (C=O) groups is 1. The molecule has 0 saturated heterocycles. The van der Waals surface area contributed by atoms with Gasteiger partial charge in [-0.2, -0.15) is 0 Å². The second-order valence-corrected chi connectivity index (χ2v) is 5.53. The minimum atomic E-state index is -0.187. The molecule has 0 atom stereocenters. The van der Waals surface area contributed by atoms with Crippen molar-refractivity contribution in [2.75, 3.05) is 0 Å². The number of ketones is 1. The van der Waals surface area contributed by atoms with E-state index in [-0.39, 0.29) is 11.3 Å². The molecule has 0 amide bonds. The quantitative estimate of drug-likeness (QED) is 0.763.